The molecule has 3 N–H and O–H groups in total. The predicted octanol–water partition coefficient (Wildman–Crippen LogP) is 3.46. The largest absolute Gasteiger partial charge is 0.271 e. The van der Waals surface area contributed by atoms with E-state index >= 15 is 0 Å². The molecule has 0 aliphatic carbocycles. The van der Waals surface area contributed by atoms with E-state index in [0.717, 1.165) is 11.4 Å². The third-order valence-electron chi connectivity index (χ3n) is 2.82. The Hall–Kier alpha value is -0.870. The zero-order valence-electron chi connectivity index (χ0n) is 9.61. The van der Waals surface area contributed by atoms with Crippen LogP contribution in [0.25, 0.3) is 0 Å². The minimum absolute atomic E-state index is 0.155. The lowest BCUT2D eigenvalue weighted by Crippen LogP contribution is -2.29. The molecule has 0 spiro atoms. The minimum Gasteiger partial charge on any atom is -0.271 e. The Kier molecular flexibility index (Phi) is 4.18. The lowest BCUT2D eigenvalue weighted by Gasteiger charge is -2.16. The quantitative estimate of drug-likeness (QED) is 0.657. The first kappa shape index (κ1) is 12.6. The molecule has 0 amide bonds. The van der Waals surface area contributed by atoms with Crippen LogP contribution in [0.2, 0.25) is 5.02 Å². The van der Waals surface area contributed by atoms with E-state index in [-0.39, 0.29) is 6.04 Å². The summed E-state index contributed by atoms with van der Waals surface area (Å²) in [5, 5.41) is 5.05. The summed E-state index contributed by atoms with van der Waals surface area (Å²) in [5.41, 5.74) is 6.66. The zero-order valence-corrected chi connectivity index (χ0v) is 11.2. The number of hydrogen-bond acceptors (Lipinski definition) is 3. The molecule has 4 heteroatoms. The molecule has 1 aromatic carbocycles. The Bertz CT molecular complexity index is 478. The number of halogens is 1. The van der Waals surface area contributed by atoms with Gasteiger partial charge in [0.05, 0.1) is 6.04 Å². The number of nitrogens with two attached hydrogens (primary N) is 1. The van der Waals surface area contributed by atoms with E-state index in [0.29, 0.717) is 0 Å². The molecule has 0 aliphatic rings. The zero-order chi connectivity index (χ0) is 12.3. The second kappa shape index (κ2) is 5.65. The molecular formula is C13H15ClN2S. The first-order chi connectivity index (χ1) is 8.20. The summed E-state index contributed by atoms with van der Waals surface area (Å²) in [5.74, 6) is 5.64. The summed E-state index contributed by atoms with van der Waals surface area (Å²) < 4.78 is 0. The summed E-state index contributed by atoms with van der Waals surface area (Å²) in [6, 6.07) is 8.04. The van der Waals surface area contributed by atoms with Crippen molar-refractivity contribution in [3.63, 3.8) is 0 Å². The van der Waals surface area contributed by atoms with Crippen molar-refractivity contribution in [2.75, 3.05) is 0 Å². The van der Waals surface area contributed by atoms with Crippen molar-refractivity contribution in [3.05, 3.63) is 56.7 Å². The van der Waals surface area contributed by atoms with Gasteiger partial charge in [-0.05, 0) is 52.9 Å². The second-order valence-electron chi connectivity index (χ2n) is 4.06. The number of aryl methyl sites for hydroxylation is 1. The van der Waals surface area contributed by atoms with Gasteiger partial charge in [-0.25, -0.2) is 0 Å². The lowest BCUT2D eigenvalue weighted by atomic mass is 9.99. The molecule has 1 heterocycles. The van der Waals surface area contributed by atoms with Gasteiger partial charge in [-0.1, -0.05) is 23.7 Å². The van der Waals surface area contributed by atoms with Crippen LogP contribution in [0.15, 0.2) is 35.0 Å². The summed E-state index contributed by atoms with van der Waals surface area (Å²) in [4.78, 5) is 0. The maximum absolute atomic E-state index is 5.87. The van der Waals surface area contributed by atoms with E-state index in [1.807, 2.05) is 24.3 Å². The molecule has 2 rings (SSSR count). The Morgan fingerprint density at radius 1 is 1.29 bits per heavy atom. The Morgan fingerprint density at radius 2 is 2.00 bits per heavy atom. The number of benzene rings is 1. The van der Waals surface area contributed by atoms with Gasteiger partial charge in [-0.2, -0.15) is 11.3 Å². The van der Waals surface area contributed by atoms with Gasteiger partial charge >= 0.3 is 0 Å². The summed E-state index contributed by atoms with van der Waals surface area (Å²) >= 11 is 7.57. The molecule has 0 aliphatic heterocycles. The average molecular weight is 267 g/mol. The Labute approximate surface area is 110 Å². The third-order valence-corrected chi connectivity index (χ3v) is 3.96. The van der Waals surface area contributed by atoms with Gasteiger partial charge in [-0.3, -0.25) is 11.3 Å². The number of thiophene rings is 1. The highest BCUT2D eigenvalue weighted by molar-refractivity contribution is 7.08. The van der Waals surface area contributed by atoms with Crippen LogP contribution < -0.4 is 11.3 Å². The number of rotatable bonds is 4. The second-order valence-corrected chi connectivity index (χ2v) is 5.24. The van der Waals surface area contributed by atoms with Crippen molar-refractivity contribution in [1.29, 1.82) is 0 Å². The molecule has 0 saturated carbocycles. The van der Waals surface area contributed by atoms with Gasteiger partial charge < -0.3 is 0 Å². The van der Waals surface area contributed by atoms with Gasteiger partial charge in [0.1, 0.15) is 0 Å². The maximum atomic E-state index is 5.87. The van der Waals surface area contributed by atoms with Crippen molar-refractivity contribution in [3.8, 4) is 0 Å². The van der Waals surface area contributed by atoms with Crippen LogP contribution in [0.4, 0.5) is 0 Å². The molecule has 2 aromatic rings. The maximum Gasteiger partial charge on any atom is 0.0511 e. The monoisotopic (exact) mass is 266 g/mol. The van der Waals surface area contributed by atoms with Crippen molar-refractivity contribution < 1.29 is 0 Å². The molecule has 0 bridgehead atoms. The molecule has 0 saturated heterocycles. The molecule has 90 valence electrons. The van der Waals surface area contributed by atoms with Gasteiger partial charge in [0.2, 0.25) is 0 Å². The van der Waals surface area contributed by atoms with Crippen LogP contribution in [-0.4, -0.2) is 0 Å². The van der Waals surface area contributed by atoms with E-state index in [2.05, 4.69) is 23.1 Å². The highest BCUT2D eigenvalue weighted by atomic mass is 35.5. The summed E-state index contributed by atoms with van der Waals surface area (Å²) in [7, 11) is 0. The van der Waals surface area contributed by atoms with Crippen LogP contribution >= 0.6 is 22.9 Å². The predicted molar refractivity (Wildman–Crippen MR) is 74.3 cm³/mol. The van der Waals surface area contributed by atoms with Crippen molar-refractivity contribution in [2.24, 2.45) is 5.84 Å². The number of hydrazine groups is 1. The number of nitrogens with one attached hydrogen (secondary N) is 1. The van der Waals surface area contributed by atoms with Gasteiger partial charge in [0, 0.05) is 5.02 Å². The molecule has 17 heavy (non-hydrogen) atoms. The van der Waals surface area contributed by atoms with Crippen molar-refractivity contribution in [2.45, 2.75) is 19.4 Å². The standard InChI is InChI=1S/C13H15ClN2S/c1-9-7-17-8-12(9)13(16-15)6-10-2-4-11(14)5-3-10/h2-5,7-8,13,16H,6,15H2,1H3. The fourth-order valence-corrected chi connectivity index (χ4v) is 2.87. The van der Waals surface area contributed by atoms with Crippen LogP contribution in [0, 0.1) is 6.92 Å². The van der Waals surface area contributed by atoms with Crippen LogP contribution in [-0.2, 0) is 6.42 Å². The third kappa shape index (κ3) is 3.07. The lowest BCUT2D eigenvalue weighted by molar-refractivity contribution is 0.551. The molecule has 2 nitrogen and oxygen atoms in total. The molecule has 1 aromatic heterocycles. The van der Waals surface area contributed by atoms with Gasteiger partial charge in [-0.15, -0.1) is 0 Å². The van der Waals surface area contributed by atoms with Crippen LogP contribution in [0.3, 0.4) is 0 Å². The van der Waals surface area contributed by atoms with Crippen LogP contribution in [0.5, 0.6) is 0 Å². The fourth-order valence-electron chi connectivity index (χ4n) is 1.84. The highest BCUT2D eigenvalue weighted by Crippen LogP contribution is 2.24. The molecule has 0 fully saturated rings. The molecular weight excluding hydrogens is 252 g/mol. The van der Waals surface area contributed by atoms with Crippen LogP contribution in [0.1, 0.15) is 22.7 Å². The SMILES string of the molecule is Cc1cscc1C(Cc1ccc(Cl)cc1)NN. The number of hydrogen-bond donors (Lipinski definition) is 2. The van der Waals surface area contributed by atoms with E-state index < -0.39 is 0 Å². The van der Waals surface area contributed by atoms with Gasteiger partial charge in [0.25, 0.3) is 0 Å². The summed E-state index contributed by atoms with van der Waals surface area (Å²) in [6.45, 7) is 2.11. The van der Waals surface area contributed by atoms with E-state index in [9.17, 15) is 0 Å². The van der Waals surface area contributed by atoms with Gasteiger partial charge in [0.15, 0.2) is 0 Å². The first-order valence-electron chi connectivity index (χ1n) is 5.44. The Balaban J connectivity index is 2.16. The molecule has 0 radical (unpaired) electrons. The first-order valence-corrected chi connectivity index (χ1v) is 6.76. The topological polar surface area (TPSA) is 38.0 Å². The molecule has 1 atom stereocenters. The minimum atomic E-state index is 0.155. The normalized spacial score (nSPS) is 12.6. The fraction of sp³-hybridized carbons (Fsp3) is 0.231. The molecule has 1 unspecified atom stereocenters. The van der Waals surface area contributed by atoms with E-state index in [1.54, 1.807) is 11.3 Å². The van der Waals surface area contributed by atoms with E-state index in [1.165, 1.54) is 16.7 Å². The van der Waals surface area contributed by atoms with Crippen molar-refractivity contribution >= 4 is 22.9 Å². The average Bonchev–Trinajstić information content (AvgIpc) is 2.75. The Morgan fingerprint density at radius 3 is 2.53 bits per heavy atom. The van der Waals surface area contributed by atoms with E-state index in [4.69, 9.17) is 17.4 Å². The smallest absolute Gasteiger partial charge is 0.0511 e. The summed E-state index contributed by atoms with van der Waals surface area (Å²) in [6.07, 6.45) is 0.866. The highest BCUT2D eigenvalue weighted by Gasteiger charge is 2.13. The van der Waals surface area contributed by atoms with Crippen molar-refractivity contribution in [1.82, 2.24) is 5.43 Å².